The fourth-order valence-corrected chi connectivity index (χ4v) is 6.95. The zero-order valence-electron chi connectivity index (χ0n) is 20.8. The van der Waals surface area contributed by atoms with Crippen LogP contribution in [0.3, 0.4) is 0 Å². The molecule has 0 spiro atoms. The van der Waals surface area contributed by atoms with Crippen molar-refractivity contribution in [1.29, 1.82) is 0 Å². The Morgan fingerprint density at radius 2 is 2.00 bits per heavy atom. The molecule has 3 saturated carbocycles. The van der Waals surface area contributed by atoms with Gasteiger partial charge in [0.2, 0.25) is 5.95 Å². The Bertz CT molecular complexity index is 1310. The number of likely N-dealkylation sites (tertiary alicyclic amines) is 1. The number of hydrogen-bond acceptors (Lipinski definition) is 7. The molecule has 5 fully saturated rings. The second kappa shape index (κ2) is 8.19. The van der Waals surface area contributed by atoms with Gasteiger partial charge in [0.25, 0.3) is 0 Å². The van der Waals surface area contributed by atoms with Crippen LogP contribution in [0, 0.1) is 19.8 Å². The summed E-state index contributed by atoms with van der Waals surface area (Å²) in [5.41, 5.74) is 5.17. The van der Waals surface area contributed by atoms with Gasteiger partial charge in [0.15, 0.2) is 0 Å². The first kappa shape index (κ1) is 22.6. The van der Waals surface area contributed by atoms with E-state index < -0.39 is 12.3 Å². The minimum atomic E-state index is -1.01. The number of aliphatic hydroxyl groups is 1. The number of aromatic nitrogens is 4. The summed E-state index contributed by atoms with van der Waals surface area (Å²) in [4.78, 5) is 11.4. The van der Waals surface area contributed by atoms with Crippen LogP contribution in [0.5, 0.6) is 0 Å². The fourth-order valence-electron chi connectivity index (χ4n) is 6.95. The molecular formula is C27H33FN6O2. The van der Waals surface area contributed by atoms with Crippen LogP contribution in [-0.4, -0.2) is 74.4 Å². The Morgan fingerprint density at radius 1 is 1.17 bits per heavy atom. The molecule has 8 rings (SSSR count). The van der Waals surface area contributed by atoms with Gasteiger partial charge in [-0.05, 0) is 75.3 Å². The monoisotopic (exact) mass is 492 g/mol. The highest BCUT2D eigenvalue weighted by atomic mass is 19.1. The average molecular weight is 493 g/mol. The normalized spacial score (nSPS) is 33.9. The molecule has 8 nitrogen and oxygen atoms in total. The predicted octanol–water partition coefficient (Wildman–Crippen LogP) is 3.58. The molecule has 3 aliphatic carbocycles. The Kier molecular flexibility index (Phi) is 5.14. The van der Waals surface area contributed by atoms with Crippen LogP contribution >= 0.6 is 0 Å². The highest BCUT2D eigenvalue weighted by Gasteiger charge is 2.59. The second-order valence-corrected chi connectivity index (χ2v) is 11.4. The van der Waals surface area contributed by atoms with Crippen LogP contribution in [0.1, 0.15) is 48.4 Å². The molecular weight excluding hydrogens is 459 g/mol. The number of ether oxygens (including phenoxy) is 1. The van der Waals surface area contributed by atoms with Crippen molar-refractivity contribution in [2.45, 2.75) is 69.3 Å². The van der Waals surface area contributed by atoms with Crippen molar-refractivity contribution >= 4 is 22.5 Å². The molecule has 2 N–H and O–H groups in total. The van der Waals surface area contributed by atoms with E-state index in [1.807, 2.05) is 25.4 Å². The molecule has 36 heavy (non-hydrogen) atoms. The summed E-state index contributed by atoms with van der Waals surface area (Å²) in [6, 6.07) is 4.00. The largest absolute Gasteiger partial charge is 0.389 e. The van der Waals surface area contributed by atoms with Crippen molar-refractivity contribution in [2.75, 3.05) is 31.6 Å². The standard InChI is InChI=1S/C27H33FN6O2/c1-15-5-18-10-29-26(32-23-11-30-34(16(23)2)27-7-17(8-27)9-27)31-22(18)6-20(15)19-3-4-33(12-21(19)28)24-13-36-14-25(24)35/h5-6,10-11,17,19,21,24-25,35H,3-4,7-9,12-14H2,1-2H3,(H,29,31,32)/t17?,19?,21?,24-,25?,27?/m1/s1. The Hall–Kier alpha value is -2.62. The summed E-state index contributed by atoms with van der Waals surface area (Å²) in [5.74, 6) is 1.23. The molecule has 0 amide bonds. The quantitative estimate of drug-likeness (QED) is 0.563. The Morgan fingerprint density at radius 3 is 2.69 bits per heavy atom. The number of alkyl halides is 1. The predicted molar refractivity (Wildman–Crippen MR) is 134 cm³/mol. The van der Waals surface area contributed by atoms with Gasteiger partial charge in [-0.2, -0.15) is 5.10 Å². The van der Waals surface area contributed by atoms with Crippen molar-refractivity contribution in [1.82, 2.24) is 24.6 Å². The lowest BCUT2D eigenvalue weighted by atomic mass is 9.50. The van der Waals surface area contributed by atoms with E-state index in [0.29, 0.717) is 32.1 Å². The number of nitrogens with one attached hydrogen (secondary N) is 1. The van der Waals surface area contributed by atoms with E-state index in [1.165, 1.54) is 19.3 Å². The van der Waals surface area contributed by atoms with Gasteiger partial charge in [-0.25, -0.2) is 14.4 Å². The van der Waals surface area contributed by atoms with Gasteiger partial charge < -0.3 is 15.2 Å². The van der Waals surface area contributed by atoms with Gasteiger partial charge in [0.1, 0.15) is 6.17 Å². The smallest absolute Gasteiger partial charge is 0.227 e. The number of piperidine rings is 1. The molecule has 9 heteroatoms. The van der Waals surface area contributed by atoms with Crippen molar-refractivity contribution < 1.29 is 14.2 Å². The number of aliphatic hydroxyl groups excluding tert-OH is 1. The SMILES string of the molecule is Cc1cc2cnc(Nc3cnn(C45CC(C4)C5)c3C)nc2cc1C1CCN([C@@H]2COCC2O)CC1F. The van der Waals surface area contributed by atoms with Crippen molar-refractivity contribution in [3.05, 3.63) is 41.3 Å². The van der Waals surface area contributed by atoms with Crippen LogP contribution in [0.25, 0.3) is 10.9 Å². The summed E-state index contributed by atoms with van der Waals surface area (Å²) in [7, 11) is 0. The van der Waals surface area contributed by atoms with Crippen molar-refractivity contribution in [3.63, 3.8) is 0 Å². The summed E-state index contributed by atoms with van der Waals surface area (Å²) in [6.45, 7) is 6.01. The molecule has 4 atom stereocenters. The zero-order valence-corrected chi connectivity index (χ0v) is 20.8. The van der Waals surface area contributed by atoms with E-state index in [4.69, 9.17) is 9.72 Å². The third-order valence-electron chi connectivity index (χ3n) is 9.14. The fraction of sp³-hybridized carbons (Fsp3) is 0.593. The lowest BCUT2D eigenvalue weighted by Gasteiger charge is -2.61. The molecule has 2 aromatic heterocycles. The van der Waals surface area contributed by atoms with Gasteiger partial charge in [0, 0.05) is 24.0 Å². The first-order chi connectivity index (χ1) is 17.4. The molecule has 0 radical (unpaired) electrons. The third kappa shape index (κ3) is 3.47. The van der Waals surface area contributed by atoms with E-state index in [0.717, 1.165) is 45.9 Å². The molecule has 3 unspecified atom stereocenters. The van der Waals surface area contributed by atoms with E-state index >= 15 is 4.39 Å². The first-order valence-electron chi connectivity index (χ1n) is 13.1. The lowest BCUT2D eigenvalue weighted by molar-refractivity contribution is -0.0990. The molecule has 5 aliphatic rings. The lowest BCUT2D eigenvalue weighted by Crippen LogP contribution is -2.60. The van der Waals surface area contributed by atoms with E-state index in [-0.39, 0.29) is 17.5 Å². The van der Waals surface area contributed by atoms with Crippen LogP contribution in [0.2, 0.25) is 0 Å². The van der Waals surface area contributed by atoms with Gasteiger partial charge in [0.05, 0.1) is 54.0 Å². The number of benzene rings is 1. The van der Waals surface area contributed by atoms with E-state index in [1.54, 1.807) is 0 Å². The third-order valence-corrected chi connectivity index (χ3v) is 9.14. The molecule has 2 bridgehead atoms. The minimum absolute atomic E-state index is 0.106. The number of rotatable bonds is 5. The maximum Gasteiger partial charge on any atom is 0.227 e. The molecule has 190 valence electrons. The van der Waals surface area contributed by atoms with Gasteiger partial charge in [-0.1, -0.05) is 0 Å². The Labute approximate surface area is 209 Å². The van der Waals surface area contributed by atoms with E-state index in [9.17, 15) is 5.11 Å². The zero-order chi connectivity index (χ0) is 24.6. The summed E-state index contributed by atoms with van der Waals surface area (Å²) in [5, 5.41) is 19.1. The van der Waals surface area contributed by atoms with Crippen molar-refractivity contribution in [3.8, 4) is 0 Å². The second-order valence-electron chi connectivity index (χ2n) is 11.4. The summed E-state index contributed by atoms with van der Waals surface area (Å²) >= 11 is 0. The van der Waals surface area contributed by atoms with Crippen LogP contribution in [-0.2, 0) is 10.3 Å². The van der Waals surface area contributed by atoms with Gasteiger partial charge in [-0.15, -0.1) is 0 Å². The minimum Gasteiger partial charge on any atom is -0.389 e. The van der Waals surface area contributed by atoms with Gasteiger partial charge >= 0.3 is 0 Å². The highest BCUT2D eigenvalue weighted by molar-refractivity contribution is 5.81. The summed E-state index contributed by atoms with van der Waals surface area (Å²) < 4.78 is 23.0. The molecule has 2 aliphatic heterocycles. The highest BCUT2D eigenvalue weighted by Crippen LogP contribution is 2.62. The Balaban J connectivity index is 1.12. The maximum absolute atomic E-state index is 15.5. The topological polar surface area (TPSA) is 88.3 Å². The molecule has 4 heterocycles. The number of halogens is 1. The van der Waals surface area contributed by atoms with Crippen LogP contribution in [0.15, 0.2) is 24.5 Å². The number of fused-ring (bicyclic) bond motifs is 1. The number of aryl methyl sites for hydroxylation is 1. The first-order valence-corrected chi connectivity index (χ1v) is 13.1. The van der Waals surface area contributed by atoms with Crippen LogP contribution in [0.4, 0.5) is 16.0 Å². The number of nitrogens with zero attached hydrogens (tertiary/aromatic N) is 5. The molecule has 1 aromatic carbocycles. The number of anilines is 2. The molecule has 2 saturated heterocycles. The average Bonchev–Trinajstić information content (AvgIpc) is 3.38. The maximum atomic E-state index is 15.5. The van der Waals surface area contributed by atoms with Gasteiger partial charge in [-0.3, -0.25) is 9.58 Å². The van der Waals surface area contributed by atoms with Crippen molar-refractivity contribution in [2.24, 2.45) is 5.92 Å². The summed E-state index contributed by atoms with van der Waals surface area (Å²) in [6.07, 6.45) is 6.60. The number of hydrogen-bond donors (Lipinski definition) is 2. The van der Waals surface area contributed by atoms with E-state index in [2.05, 4.69) is 38.0 Å². The molecule has 3 aromatic rings. The van der Waals surface area contributed by atoms with Crippen LogP contribution < -0.4 is 5.32 Å².